The molecule has 29 heavy (non-hydrogen) atoms. The van der Waals surface area contributed by atoms with E-state index in [4.69, 9.17) is 0 Å². The van der Waals surface area contributed by atoms with Crippen LogP contribution in [0.4, 0.5) is 0 Å². The molecule has 0 saturated carbocycles. The van der Waals surface area contributed by atoms with E-state index in [0.717, 1.165) is 13.1 Å². The number of aliphatic hydroxyl groups is 1. The Labute approximate surface area is 180 Å². The fourth-order valence-corrected chi connectivity index (χ4v) is 4.62. The van der Waals surface area contributed by atoms with Crippen LogP contribution >= 0.6 is 11.8 Å². The van der Waals surface area contributed by atoms with Crippen molar-refractivity contribution in [2.45, 2.75) is 71.0 Å². The van der Waals surface area contributed by atoms with Crippen molar-refractivity contribution in [3.63, 3.8) is 0 Å². The second kappa shape index (κ2) is 11.0. The molecule has 0 unspecified atom stereocenters. The Bertz CT molecular complexity index is 699. The average Bonchev–Trinajstić information content (AvgIpc) is 2.61. The van der Waals surface area contributed by atoms with Gasteiger partial charge in [-0.25, -0.2) is 0 Å². The van der Waals surface area contributed by atoms with Gasteiger partial charge >= 0.3 is 0 Å². The van der Waals surface area contributed by atoms with Crippen molar-refractivity contribution in [2.24, 2.45) is 5.92 Å². The minimum atomic E-state index is -0.704. The Morgan fingerprint density at radius 2 is 1.38 bits per heavy atom. The molecule has 2 atom stereocenters. The van der Waals surface area contributed by atoms with Gasteiger partial charge in [0.1, 0.15) is 0 Å². The highest BCUT2D eigenvalue weighted by Gasteiger charge is 2.31. The molecule has 1 N–H and O–H groups in total. The van der Waals surface area contributed by atoms with Gasteiger partial charge in [-0.2, -0.15) is 0 Å². The number of aliphatic hydroxyl groups excluding tert-OH is 1. The lowest BCUT2D eigenvalue weighted by molar-refractivity contribution is -0.114. The molecule has 0 aliphatic rings. The maximum Gasteiger partial charge on any atom is 0.192 e. The summed E-state index contributed by atoms with van der Waals surface area (Å²) in [5.74, 6) is 0.213. The van der Waals surface area contributed by atoms with E-state index in [2.05, 4.69) is 43.0 Å². The van der Waals surface area contributed by atoms with E-state index < -0.39 is 6.10 Å². The van der Waals surface area contributed by atoms with Crippen molar-refractivity contribution < 1.29 is 9.90 Å². The zero-order chi connectivity index (χ0) is 21.4. The van der Waals surface area contributed by atoms with Gasteiger partial charge in [-0.05, 0) is 17.0 Å². The van der Waals surface area contributed by atoms with Crippen molar-refractivity contribution in [3.05, 3.63) is 71.8 Å². The van der Waals surface area contributed by atoms with E-state index in [1.165, 1.54) is 22.9 Å². The molecule has 158 valence electrons. The van der Waals surface area contributed by atoms with Gasteiger partial charge in [0, 0.05) is 30.3 Å². The first-order valence-electron chi connectivity index (χ1n) is 10.4. The Balaban J connectivity index is 2.23. The van der Waals surface area contributed by atoms with E-state index in [0.29, 0.717) is 0 Å². The monoisotopic (exact) mass is 413 g/mol. The summed E-state index contributed by atoms with van der Waals surface area (Å²) in [5, 5.41) is 11.1. The summed E-state index contributed by atoms with van der Waals surface area (Å²) in [7, 11) is 0. The van der Waals surface area contributed by atoms with Crippen molar-refractivity contribution >= 4 is 16.9 Å². The number of thioether (sulfide) groups is 1. The lowest BCUT2D eigenvalue weighted by Crippen LogP contribution is -2.47. The number of rotatable bonds is 9. The lowest BCUT2D eigenvalue weighted by Gasteiger charge is -2.38. The summed E-state index contributed by atoms with van der Waals surface area (Å²) in [4.78, 5) is 14.8. The third kappa shape index (κ3) is 8.33. The first-order chi connectivity index (χ1) is 13.7. The molecule has 2 aromatic rings. The number of nitrogens with zero attached hydrogens (tertiary/aromatic N) is 1. The summed E-state index contributed by atoms with van der Waals surface area (Å²) in [6, 6.07) is 20.5. The van der Waals surface area contributed by atoms with Crippen LogP contribution in [0.15, 0.2) is 60.7 Å². The van der Waals surface area contributed by atoms with E-state index >= 15 is 0 Å². The molecule has 0 fully saturated rings. The van der Waals surface area contributed by atoms with Gasteiger partial charge in [-0.15, -0.1) is 0 Å². The van der Waals surface area contributed by atoms with Crippen LogP contribution in [0.25, 0.3) is 0 Å². The second-order valence-corrected chi connectivity index (χ2v) is 10.9. The first kappa shape index (κ1) is 23.7. The van der Waals surface area contributed by atoms with Gasteiger partial charge in [-0.3, -0.25) is 9.69 Å². The lowest BCUT2D eigenvalue weighted by atomic mass is 9.93. The Kier molecular flexibility index (Phi) is 8.94. The van der Waals surface area contributed by atoms with Gasteiger partial charge in [0.15, 0.2) is 5.12 Å². The highest BCUT2D eigenvalue weighted by molar-refractivity contribution is 8.14. The third-order valence-corrected chi connectivity index (χ3v) is 5.76. The van der Waals surface area contributed by atoms with Gasteiger partial charge in [0.2, 0.25) is 0 Å². The number of hydrogen-bond acceptors (Lipinski definition) is 4. The quantitative estimate of drug-likeness (QED) is 0.587. The topological polar surface area (TPSA) is 40.5 Å². The smallest absolute Gasteiger partial charge is 0.192 e. The van der Waals surface area contributed by atoms with E-state index in [1.807, 2.05) is 57.2 Å². The van der Waals surface area contributed by atoms with Gasteiger partial charge in [-0.1, -0.05) is 107 Å². The van der Waals surface area contributed by atoms with Gasteiger partial charge in [0.25, 0.3) is 0 Å². The molecule has 2 rings (SSSR count). The molecule has 0 bridgehead atoms. The molecule has 0 spiro atoms. The highest BCUT2D eigenvalue weighted by atomic mass is 32.2. The summed E-state index contributed by atoms with van der Waals surface area (Å²) >= 11 is 1.32. The molecule has 0 radical (unpaired) electrons. The molecule has 0 amide bonds. The molecular formula is C25H35NO2S. The van der Waals surface area contributed by atoms with Crippen molar-refractivity contribution in [2.75, 3.05) is 0 Å². The Morgan fingerprint density at radius 1 is 0.931 bits per heavy atom. The van der Waals surface area contributed by atoms with Crippen molar-refractivity contribution in [1.82, 2.24) is 4.90 Å². The SMILES string of the molecule is CC(C)[C@@H]([C@@H](O)CC(=O)SC(C)(C)C)N(Cc1ccccc1)Cc1ccccc1. The summed E-state index contributed by atoms with van der Waals surface area (Å²) < 4.78 is -0.141. The maximum absolute atomic E-state index is 12.5. The number of hydrogen-bond donors (Lipinski definition) is 1. The normalized spacial score (nSPS) is 14.2. The molecule has 0 aliphatic carbocycles. The summed E-state index contributed by atoms with van der Waals surface area (Å²) in [6.07, 6.45) is -0.532. The Hall–Kier alpha value is -1.62. The zero-order valence-corrected chi connectivity index (χ0v) is 19.2. The fourth-order valence-electron chi connectivity index (χ4n) is 3.69. The predicted octanol–water partition coefficient (Wildman–Crippen LogP) is 5.52. The van der Waals surface area contributed by atoms with Crippen LogP contribution in [0.1, 0.15) is 52.2 Å². The summed E-state index contributed by atoms with van der Waals surface area (Å²) in [5.41, 5.74) is 2.41. The molecule has 3 nitrogen and oxygen atoms in total. The molecule has 0 aromatic heterocycles. The molecule has 0 heterocycles. The number of benzene rings is 2. The van der Waals surface area contributed by atoms with E-state index in [9.17, 15) is 9.90 Å². The number of carbonyl (C=O) groups is 1. The van der Waals surface area contributed by atoms with Crippen LogP contribution in [-0.2, 0) is 17.9 Å². The van der Waals surface area contributed by atoms with E-state index in [1.54, 1.807) is 0 Å². The van der Waals surface area contributed by atoms with Crippen molar-refractivity contribution in [3.8, 4) is 0 Å². The minimum absolute atomic E-state index is 0.0509. The van der Waals surface area contributed by atoms with Crippen LogP contribution in [0.2, 0.25) is 0 Å². The standard InChI is InChI=1S/C25H35NO2S/c1-19(2)24(22(27)16-23(28)29-25(3,4)5)26(17-20-12-8-6-9-13-20)18-21-14-10-7-11-15-21/h6-15,19,22,24,27H,16-18H2,1-5H3/t22-,24-/m0/s1. The van der Waals surface area contributed by atoms with E-state index in [-0.39, 0.29) is 28.2 Å². The molecular weight excluding hydrogens is 378 g/mol. The van der Waals surface area contributed by atoms with Crippen LogP contribution in [-0.4, -0.2) is 32.0 Å². The Morgan fingerprint density at radius 3 is 1.76 bits per heavy atom. The van der Waals surface area contributed by atoms with Gasteiger partial charge < -0.3 is 5.11 Å². The van der Waals surface area contributed by atoms with Crippen LogP contribution in [0.5, 0.6) is 0 Å². The molecule has 4 heteroatoms. The summed E-state index contributed by atoms with van der Waals surface area (Å²) in [6.45, 7) is 11.8. The fraction of sp³-hybridized carbons (Fsp3) is 0.480. The maximum atomic E-state index is 12.5. The number of carbonyl (C=O) groups excluding carboxylic acids is 1. The first-order valence-corrected chi connectivity index (χ1v) is 11.2. The van der Waals surface area contributed by atoms with Crippen LogP contribution < -0.4 is 0 Å². The molecule has 0 aliphatic heterocycles. The minimum Gasteiger partial charge on any atom is -0.391 e. The zero-order valence-electron chi connectivity index (χ0n) is 18.3. The largest absolute Gasteiger partial charge is 0.391 e. The third-order valence-electron chi connectivity index (χ3n) is 4.75. The van der Waals surface area contributed by atoms with Crippen LogP contribution in [0, 0.1) is 5.92 Å². The molecule has 2 aromatic carbocycles. The van der Waals surface area contributed by atoms with Crippen LogP contribution in [0.3, 0.4) is 0 Å². The highest BCUT2D eigenvalue weighted by Crippen LogP contribution is 2.28. The molecule has 0 saturated heterocycles. The van der Waals surface area contributed by atoms with Gasteiger partial charge in [0.05, 0.1) is 6.10 Å². The second-order valence-electron chi connectivity index (χ2n) is 8.97. The predicted molar refractivity (Wildman–Crippen MR) is 124 cm³/mol. The average molecular weight is 414 g/mol. The van der Waals surface area contributed by atoms with Crippen molar-refractivity contribution in [1.29, 1.82) is 0 Å².